The van der Waals surface area contributed by atoms with Gasteiger partial charge in [-0.25, -0.2) is 28.1 Å². The Kier molecular flexibility index (Phi) is 6.15. The molecule has 1 amide bonds. The van der Waals surface area contributed by atoms with E-state index in [2.05, 4.69) is 25.4 Å². The highest BCUT2D eigenvalue weighted by molar-refractivity contribution is 7.89. The molecule has 12 heteroatoms. The fourth-order valence-corrected chi connectivity index (χ4v) is 4.69. The van der Waals surface area contributed by atoms with Crippen LogP contribution in [-0.4, -0.2) is 69.5 Å². The maximum atomic E-state index is 13.1. The van der Waals surface area contributed by atoms with Crippen LogP contribution in [0.15, 0.2) is 54.2 Å². The summed E-state index contributed by atoms with van der Waals surface area (Å²) >= 11 is 0. The van der Waals surface area contributed by atoms with E-state index in [0.29, 0.717) is 43.5 Å². The SMILES string of the molecule is CC(C)C(=O)Nc1ccc(S(=O)(=O)N2CCN(c3cc(-n4cncn4)ncn3)CC2)cc1. The second-order valence-electron chi connectivity index (χ2n) is 7.63. The number of hydrogen-bond donors (Lipinski definition) is 1. The zero-order valence-corrected chi connectivity index (χ0v) is 18.6. The number of sulfonamides is 1. The molecule has 1 fully saturated rings. The Hall–Kier alpha value is -3.38. The maximum absolute atomic E-state index is 13.1. The summed E-state index contributed by atoms with van der Waals surface area (Å²) in [6.45, 7) is 5.24. The van der Waals surface area contributed by atoms with Crippen LogP contribution in [0.1, 0.15) is 13.8 Å². The van der Waals surface area contributed by atoms with Crippen molar-refractivity contribution in [2.24, 2.45) is 5.92 Å². The van der Waals surface area contributed by atoms with Crippen LogP contribution in [0.4, 0.5) is 11.5 Å². The van der Waals surface area contributed by atoms with Crippen molar-refractivity contribution in [1.29, 1.82) is 0 Å². The summed E-state index contributed by atoms with van der Waals surface area (Å²) < 4.78 is 29.1. The van der Waals surface area contributed by atoms with Gasteiger partial charge < -0.3 is 10.2 Å². The summed E-state index contributed by atoms with van der Waals surface area (Å²) in [4.78, 5) is 26.5. The van der Waals surface area contributed by atoms with Crippen molar-refractivity contribution in [3.63, 3.8) is 0 Å². The van der Waals surface area contributed by atoms with E-state index in [1.807, 2.05) is 4.90 Å². The van der Waals surface area contributed by atoms with Crippen LogP contribution in [0.25, 0.3) is 5.82 Å². The molecular weight excluding hydrogens is 432 g/mol. The van der Waals surface area contributed by atoms with E-state index in [4.69, 9.17) is 0 Å². The average Bonchev–Trinajstić information content (AvgIpc) is 3.35. The summed E-state index contributed by atoms with van der Waals surface area (Å²) in [5, 5.41) is 6.83. The molecule has 1 aliphatic heterocycles. The number of anilines is 2. The first-order valence-corrected chi connectivity index (χ1v) is 11.6. The second kappa shape index (κ2) is 9.01. The average molecular weight is 457 g/mol. The van der Waals surface area contributed by atoms with E-state index >= 15 is 0 Å². The first-order valence-electron chi connectivity index (χ1n) is 10.2. The smallest absolute Gasteiger partial charge is 0.243 e. The van der Waals surface area contributed by atoms with Crippen LogP contribution in [-0.2, 0) is 14.8 Å². The van der Waals surface area contributed by atoms with E-state index in [9.17, 15) is 13.2 Å². The molecule has 1 aliphatic rings. The third-order valence-electron chi connectivity index (χ3n) is 5.14. The summed E-state index contributed by atoms with van der Waals surface area (Å²) in [5.41, 5.74) is 0.569. The number of rotatable bonds is 6. The molecule has 32 heavy (non-hydrogen) atoms. The standard InChI is InChI=1S/C20H24N8O3S/c1-15(2)20(29)25-16-3-5-17(6-4-16)32(30,31)27-9-7-26(8-10-27)18-11-19(23-13-22-18)28-14-21-12-24-28/h3-6,11-15H,7-10H2,1-2H3,(H,25,29). The number of piperazine rings is 1. The van der Waals surface area contributed by atoms with Gasteiger partial charge in [-0.1, -0.05) is 13.8 Å². The normalized spacial score (nSPS) is 15.2. The van der Waals surface area contributed by atoms with Gasteiger partial charge in [0.1, 0.15) is 24.8 Å². The van der Waals surface area contributed by atoms with Gasteiger partial charge in [-0.3, -0.25) is 4.79 Å². The van der Waals surface area contributed by atoms with E-state index in [1.165, 1.54) is 29.1 Å². The summed E-state index contributed by atoms with van der Waals surface area (Å²) in [7, 11) is -3.63. The minimum atomic E-state index is -3.63. The highest BCUT2D eigenvalue weighted by atomic mass is 32.2. The third-order valence-corrected chi connectivity index (χ3v) is 7.05. The zero-order chi connectivity index (χ0) is 22.7. The van der Waals surface area contributed by atoms with E-state index in [1.54, 1.807) is 43.1 Å². The summed E-state index contributed by atoms with van der Waals surface area (Å²) in [5.74, 6) is 1.02. The predicted molar refractivity (Wildman–Crippen MR) is 118 cm³/mol. The summed E-state index contributed by atoms with van der Waals surface area (Å²) in [6, 6.07) is 8.05. The van der Waals surface area contributed by atoms with Crippen molar-refractivity contribution in [3.8, 4) is 5.82 Å². The molecule has 1 saturated heterocycles. The molecule has 0 atom stereocenters. The van der Waals surface area contributed by atoms with E-state index in [-0.39, 0.29) is 16.7 Å². The van der Waals surface area contributed by atoms with Crippen LogP contribution >= 0.6 is 0 Å². The largest absolute Gasteiger partial charge is 0.354 e. The van der Waals surface area contributed by atoms with Crippen LogP contribution in [0.3, 0.4) is 0 Å². The molecule has 0 unspecified atom stereocenters. The fourth-order valence-electron chi connectivity index (χ4n) is 3.27. The minimum Gasteiger partial charge on any atom is -0.354 e. The van der Waals surface area contributed by atoms with E-state index < -0.39 is 10.0 Å². The number of aromatic nitrogens is 5. The number of carbonyl (C=O) groups excluding carboxylic acids is 1. The number of benzene rings is 1. The van der Waals surface area contributed by atoms with Gasteiger partial charge in [-0.2, -0.15) is 9.40 Å². The van der Waals surface area contributed by atoms with Gasteiger partial charge in [0.15, 0.2) is 5.82 Å². The third kappa shape index (κ3) is 4.60. The number of amides is 1. The topological polar surface area (TPSA) is 126 Å². The maximum Gasteiger partial charge on any atom is 0.243 e. The number of nitrogens with one attached hydrogen (secondary N) is 1. The Labute approximate surface area is 186 Å². The number of nitrogens with zero attached hydrogens (tertiary/aromatic N) is 7. The van der Waals surface area contributed by atoms with Crippen molar-refractivity contribution >= 4 is 27.4 Å². The lowest BCUT2D eigenvalue weighted by Gasteiger charge is -2.34. The van der Waals surface area contributed by atoms with Crippen LogP contribution < -0.4 is 10.2 Å². The van der Waals surface area contributed by atoms with Gasteiger partial charge in [-0.05, 0) is 24.3 Å². The molecular formula is C20H24N8O3S. The quantitative estimate of drug-likeness (QED) is 0.586. The zero-order valence-electron chi connectivity index (χ0n) is 17.8. The van der Waals surface area contributed by atoms with Crippen molar-refractivity contribution in [3.05, 3.63) is 49.3 Å². The monoisotopic (exact) mass is 456 g/mol. The van der Waals surface area contributed by atoms with Crippen LogP contribution in [0.5, 0.6) is 0 Å². The van der Waals surface area contributed by atoms with Crippen molar-refractivity contribution in [1.82, 2.24) is 29.0 Å². The second-order valence-corrected chi connectivity index (χ2v) is 9.57. The molecule has 3 aromatic rings. The van der Waals surface area contributed by atoms with E-state index in [0.717, 1.165) is 0 Å². The van der Waals surface area contributed by atoms with Gasteiger partial charge >= 0.3 is 0 Å². The van der Waals surface area contributed by atoms with Gasteiger partial charge in [-0.15, -0.1) is 0 Å². The molecule has 0 radical (unpaired) electrons. The fraction of sp³-hybridized carbons (Fsp3) is 0.350. The lowest BCUT2D eigenvalue weighted by atomic mass is 10.2. The van der Waals surface area contributed by atoms with Gasteiger partial charge in [0, 0.05) is 43.9 Å². The number of carbonyl (C=O) groups is 1. The van der Waals surface area contributed by atoms with Crippen LogP contribution in [0.2, 0.25) is 0 Å². The van der Waals surface area contributed by atoms with Crippen molar-refractivity contribution in [2.75, 3.05) is 36.4 Å². The highest BCUT2D eigenvalue weighted by Crippen LogP contribution is 2.22. The Morgan fingerprint density at radius 1 is 1.00 bits per heavy atom. The Balaban J connectivity index is 1.41. The number of hydrogen-bond acceptors (Lipinski definition) is 8. The lowest BCUT2D eigenvalue weighted by molar-refractivity contribution is -0.118. The highest BCUT2D eigenvalue weighted by Gasteiger charge is 2.29. The molecule has 0 spiro atoms. The molecule has 0 saturated carbocycles. The molecule has 11 nitrogen and oxygen atoms in total. The molecule has 4 rings (SSSR count). The lowest BCUT2D eigenvalue weighted by Crippen LogP contribution is -2.48. The molecule has 1 aromatic carbocycles. The first kappa shape index (κ1) is 21.8. The Bertz CT molecular complexity index is 1170. The van der Waals surface area contributed by atoms with Crippen molar-refractivity contribution < 1.29 is 13.2 Å². The first-order chi connectivity index (χ1) is 15.3. The van der Waals surface area contributed by atoms with Gasteiger partial charge in [0.2, 0.25) is 15.9 Å². The molecule has 1 N–H and O–H groups in total. The Morgan fingerprint density at radius 3 is 2.31 bits per heavy atom. The Morgan fingerprint density at radius 2 is 1.69 bits per heavy atom. The molecule has 2 aromatic heterocycles. The molecule has 0 bridgehead atoms. The van der Waals surface area contributed by atoms with Gasteiger partial charge in [0.25, 0.3) is 0 Å². The van der Waals surface area contributed by atoms with Crippen LogP contribution in [0, 0.1) is 5.92 Å². The van der Waals surface area contributed by atoms with Crippen molar-refractivity contribution in [2.45, 2.75) is 18.7 Å². The minimum absolute atomic E-state index is 0.117. The molecule has 168 valence electrons. The van der Waals surface area contributed by atoms with Gasteiger partial charge in [0.05, 0.1) is 4.90 Å². The molecule has 3 heterocycles. The predicted octanol–water partition coefficient (Wildman–Crippen LogP) is 1.16. The summed E-state index contributed by atoms with van der Waals surface area (Å²) in [6.07, 6.45) is 4.43. The molecule has 0 aliphatic carbocycles.